The highest BCUT2D eigenvalue weighted by Crippen LogP contribution is 2.36. The number of aldehydes is 1. The zero-order valence-electron chi connectivity index (χ0n) is 11.8. The van der Waals surface area contributed by atoms with E-state index in [0.29, 0.717) is 19.6 Å². The van der Waals surface area contributed by atoms with Gasteiger partial charge in [0.2, 0.25) is 0 Å². The van der Waals surface area contributed by atoms with Gasteiger partial charge in [-0.25, -0.2) is 4.79 Å². The maximum Gasteiger partial charge on any atom is 0.408 e. The SMILES string of the molecule is CC(C)(C)OC(=O)NC1(C(C)(C)C=O)CCOC1. The molecule has 1 unspecified atom stereocenters. The van der Waals surface area contributed by atoms with Crippen LogP contribution in [0.4, 0.5) is 4.79 Å². The first-order valence-electron chi connectivity index (χ1n) is 6.17. The van der Waals surface area contributed by atoms with Crippen LogP contribution in [0.15, 0.2) is 0 Å². The molecule has 1 aliphatic heterocycles. The van der Waals surface area contributed by atoms with Crippen molar-refractivity contribution in [3.63, 3.8) is 0 Å². The van der Waals surface area contributed by atoms with Gasteiger partial charge in [0.05, 0.1) is 12.1 Å². The average Bonchev–Trinajstić information content (AvgIpc) is 2.64. The molecule has 18 heavy (non-hydrogen) atoms. The van der Waals surface area contributed by atoms with Gasteiger partial charge in [-0.05, 0) is 27.2 Å². The van der Waals surface area contributed by atoms with Crippen LogP contribution in [0.2, 0.25) is 0 Å². The van der Waals surface area contributed by atoms with Gasteiger partial charge in [-0.1, -0.05) is 13.8 Å². The summed E-state index contributed by atoms with van der Waals surface area (Å²) in [5.41, 5.74) is -1.94. The molecule has 1 heterocycles. The molecule has 5 heteroatoms. The van der Waals surface area contributed by atoms with Crippen LogP contribution >= 0.6 is 0 Å². The van der Waals surface area contributed by atoms with Crippen LogP contribution in [-0.2, 0) is 14.3 Å². The quantitative estimate of drug-likeness (QED) is 0.784. The summed E-state index contributed by atoms with van der Waals surface area (Å²) in [6.07, 6.45) is 0.958. The summed E-state index contributed by atoms with van der Waals surface area (Å²) in [5.74, 6) is 0. The molecule has 5 nitrogen and oxygen atoms in total. The summed E-state index contributed by atoms with van der Waals surface area (Å²) >= 11 is 0. The van der Waals surface area contributed by atoms with Crippen LogP contribution < -0.4 is 5.32 Å². The van der Waals surface area contributed by atoms with Crippen LogP contribution in [0, 0.1) is 5.41 Å². The number of hydrogen-bond donors (Lipinski definition) is 1. The molecule has 0 saturated carbocycles. The van der Waals surface area contributed by atoms with Gasteiger partial charge in [0.15, 0.2) is 0 Å². The Balaban J connectivity index is 2.82. The fraction of sp³-hybridized carbons (Fsp3) is 0.846. The lowest BCUT2D eigenvalue weighted by atomic mass is 9.72. The minimum atomic E-state index is -0.694. The largest absolute Gasteiger partial charge is 0.444 e. The molecule has 1 atom stereocenters. The summed E-state index contributed by atoms with van der Waals surface area (Å²) in [6, 6.07) is 0. The average molecular weight is 257 g/mol. The third-order valence-electron chi connectivity index (χ3n) is 3.29. The molecule has 1 aliphatic rings. The van der Waals surface area contributed by atoms with Gasteiger partial charge >= 0.3 is 6.09 Å². The molecule has 1 amide bonds. The summed E-state index contributed by atoms with van der Waals surface area (Å²) < 4.78 is 10.6. The van der Waals surface area contributed by atoms with Crippen molar-refractivity contribution >= 4 is 12.4 Å². The molecule has 0 bridgehead atoms. The summed E-state index contributed by atoms with van der Waals surface area (Å²) in [7, 11) is 0. The lowest BCUT2D eigenvalue weighted by molar-refractivity contribution is -0.118. The first-order chi connectivity index (χ1) is 8.12. The molecule has 104 valence electrons. The fourth-order valence-electron chi connectivity index (χ4n) is 1.94. The molecule has 0 aromatic rings. The monoisotopic (exact) mass is 257 g/mol. The van der Waals surface area contributed by atoms with Crippen molar-refractivity contribution in [2.24, 2.45) is 5.41 Å². The maximum absolute atomic E-state index is 11.9. The maximum atomic E-state index is 11.9. The molecular formula is C13H23NO4. The van der Waals surface area contributed by atoms with E-state index in [1.165, 1.54) is 0 Å². The molecule has 0 aromatic carbocycles. The van der Waals surface area contributed by atoms with E-state index in [2.05, 4.69) is 5.32 Å². The van der Waals surface area contributed by atoms with Gasteiger partial charge in [0.1, 0.15) is 11.9 Å². The van der Waals surface area contributed by atoms with E-state index in [1.807, 2.05) is 0 Å². The van der Waals surface area contributed by atoms with Crippen LogP contribution in [0.3, 0.4) is 0 Å². The Morgan fingerprint density at radius 1 is 1.33 bits per heavy atom. The zero-order chi connectivity index (χ0) is 14.0. The number of ether oxygens (including phenoxy) is 2. The fourth-order valence-corrected chi connectivity index (χ4v) is 1.94. The van der Waals surface area contributed by atoms with Gasteiger partial charge < -0.3 is 19.6 Å². The van der Waals surface area contributed by atoms with Crippen LogP contribution in [0.25, 0.3) is 0 Å². The van der Waals surface area contributed by atoms with E-state index in [1.54, 1.807) is 34.6 Å². The van der Waals surface area contributed by atoms with Crippen molar-refractivity contribution in [1.82, 2.24) is 5.32 Å². The van der Waals surface area contributed by atoms with Gasteiger partial charge in [0, 0.05) is 12.0 Å². The highest BCUT2D eigenvalue weighted by Gasteiger charge is 2.49. The van der Waals surface area contributed by atoms with Gasteiger partial charge in [0.25, 0.3) is 0 Å². The van der Waals surface area contributed by atoms with Crippen LogP contribution in [0.5, 0.6) is 0 Å². The molecule has 1 rings (SSSR count). The number of rotatable bonds is 3. The van der Waals surface area contributed by atoms with Crippen molar-refractivity contribution in [3.8, 4) is 0 Å². The summed E-state index contributed by atoms with van der Waals surface area (Å²) in [5, 5.41) is 2.82. The Bertz CT molecular complexity index is 324. The van der Waals surface area contributed by atoms with Crippen molar-refractivity contribution in [2.75, 3.05) is 13.2 Å². The molecule has 1 saturated heterocycles. The number of carbonyl (C=O) groups is 2. The van der Waals surface area contributed by atoms with Crippen molar-refractivity contribution in [3.05, 3.63) is 0 Å². The van der Waals surface area contributed by atoms with Gasteiger partial charge in [-0.2, -0.15) is 0 Å². The molecule has 0 aliphatic carbocycles. The second-order valence-corrected chi connectivity index (χ2v) is 6.35. The number of nitrogens with one attached hydrogen (secondary N) is 1. The Hall–Kier alpha value is -1.10. The first kappa shape index (κ1) is 15.0. The summed E-state index contributed by atoms with van der Waals surface area (Å²) in [4.78, 5) is 23.1. The van der Waals surface area contributed by atoms with Crippen LogP contribution in [-0.4, -0.2) is 36.7 Å². The Morgan fingerprint density at radius 3 is 2.33 bits per heavy atom. The van der Waals surface area contributed by atoms with E-state index >= 15 is 0 Å². The topological polar surface area (TPSA) is 64.6 Å². The molecule has 0 spiro atoms. The minimum Gasteiger partial charge on any atom is -0.444 e. The van der Waals surface area contributed by atoms with E-state index < -0.39 is 22.6 Å². The third-order valence-corrected chi connectivity index (χ3v) is 3.29. The lowest BCUT2D eigenvalue weighted by Gasteiger charge is -2.40. The van der Waals surface area contributed by atoms with E-state index in [4.69, 9.17) is 9.47 Å². The zero-order valence-corrected chi connectivity index (χ0v) is 11.8. The van der Waals surface area contributed by atoms with Gasteiger partial charge in [-0.15, -0.1) is 0 Å². The molecular weight excluding hydrogens is 234 g/mol. The molecule has 1 N–H and O–H groups in total. The van der Waals surface area contributed by atoms with Crippen LogP contribution in [0.1, 0.15) is 41.0 Å². The molecule has 0 aromatic heterocycles. The normalized spacial score (nSPS) is 24.7. The second-order valence-electron chi connectivity index (χ2n) is 6.35. The van der Waals surface area contributed by atoms with E-state index in [9.17, 15) is 9.59 Å². The number of carbonyl (C=O) groups excluding carboxylic acids is 2. The number of alkyl carbamates (subject to hydrolysis) is 1. The van der Waals surface area contributed by atoms with Crippen molar-refractivity contribution in [1.29, 1.82) is 0 Å². The molecule has 0 radical (unpaired) electrons. The van der Waals surface area contributed by atoms with E-state index in [0.717, 1.165) is 6.29 Å². The minimum absolute atomic E-state index is 0.331. The third kappa shape index (κ3) is 3.22. The molecule has 1 fully saturated rings. The highest BCUT2D eigenvalue weighted by molar-refractivity contribution is 5.71. The highest BCUT2D eigenvalue weighted by atomic mass is 16.6. The Labute approximate surface area is 108 Å². The second kappa shape index (κ2) is 4.88. The van der Waals surface area contributed by atoms with Gasteiger partial charge in [-0.3, -0.25) is 0 Å². The lowest BCUT2D eigenvalue weighted by Crippen LogP contribution is -2.60. The Kier molecular flexibility index (Phi) is 4.05. The number of amides is 1. The predicted molar refractivity (Wildman–Crippen MR) is 67.4 cm³/mol. The smallest absolute Gasteiger partial charge is 0.408 e. The Morgan fingerprint density at radius 2 is 1.94 bits per heavy atom. The standard InChI is InChI=1S/C13H23NO4/c1-11(2,3)18-10(16)14-13(6-7-17-9-13)12(4,5)8-15/h8H,6-7,9H2,1-5H3,(H,14,16). The number of hydrogen-bond acceptors (Lipinski definition) is 4. The predicted octanol–water partition coefficient (Wildman–Crippen LogP) is 1.90. The first-order valence-corrected chi connectivity index (χ1v) is 6.17. The van der Waals surface area contributed by atoms with Crippen molar-refractivity contribution in [2.45, 2.75) is 52.2 Å². The summed E-state index contributed by atoms with van der Waals surface area (Å²) in [6.45, 7) is 9.86. The van der Waals surface area contributed by atoms with Crippen molar-refractivity contribution < 1.29 is 19.1 Å². The van der Waals surface area contributed by atoms with E-state index in [-0.39, 0.29) is 0 Å².